The van der Waals surface area contributed by atoms with Crippen LogP contribution in [0, 0.1) is 5.82 Å². The van der Waals surface area contributed by atoms with Crippen LogP contribution in [0.1, 0.15) is 12.0 Å². The van der Waals surface area contributed by atoms with Crippen LogP contribution < -0.4 is 10.2 Å². The normalized spacial score (nSPS) is 16.0. The number of nitrogens with zero attached hydrogens (tertiary/aromatic N) is 2. The first-order valence-electron chi connectivity index (χ1n) is 4.93. The lowest BCUT2D eigenvalue weighted by Crippen LogP contribution is -2.49. The van der Waals surface area contributed by atoms with Crippen molar-refractivity contribution in [3.8, 4) is 0 Å². The summed E-state index contributed by atoms with van der Waals surface area (Å²) in [6, 6.07) is 0.846. The van der Waals surface area contributed by atoms with Crippen LogP contribution in [0.4, 0.5) is 15.0 Å². The summed E-state index contributed by atoms with van der Waals surface area (Å²) in [5.41, 5.74) is 0.265. The Bertz CT molecular complexity index is 481. The molecule has 1 saturated heterocycles. The van der Waals surface area contributed by atoms with Crippen LogP contribution in [0.3, 0.4) is 0 Å². The molecular weight excluding hydrogens is 249 g/mol. The highest BCUT2D eigenvalue weighted by atomic mass is 35.5. The molecule has 0 bridgehead atoms. The van der Waals surface area contributed by atoms with Crippen molar-refractivity contribution in [3.05, 3.63) is 23.6 Å². The van der Waals surface area contributed by atoms with Gasteiger partial charge in [-0.2, -0.15) is 0 Å². The Morgan fingerprint density at radius 1 is 1.53 bits per heavy atom. The highest BCUT2D eigenvalue weighted by Gasteiger charge is 2.25. The van der Waals surface area contributed by atoms with Gasteiger partial charge >= 0.3 is 6.03 Å². The number of hydrogen-bond acceptors (Lipinski definition) is 3. The number of carbonyl (C=O) groups excluding carboxylic acids is 2. The first kappa shape index (κ1) is 11.8. The summed E-state index contributed by atoms with van der Waals surface area (Å²) in [5, 5.41) is 2.16. The number of hydrogen-bond donors (Lipinski definition) is 1. The van der Waals surface area contributed by atoms with Gasteiger partial charge in [-0.05, 0) is 6.07 Å². The van der Waals surface area contributed by atoms with Crippen LogP contribution >= 0.6 is 11.6 Å². The second-order valence-electron chi connectivity index (χ2n) is 3.52. The number of anilines is 1. The smallest absolute Gasteiger partial charge is 0.278 e. The zero-order chi connectivity index (χ0) is 12.4. The molecule has 1 aromatic rings. The molecule has 17 heavy (non-hydrogen) atoms. The molecule has 0 aliphatic carbocycles. The first-order valence-corrected chi connectivity index (χ1v) is 5.47. The number of aromatic nitrogens is 1. The predicted molar refractivity (Wildman–Crippen MR) is 59.3 cm³/mol. The number of alkyl halides is 1. The quantitative estimate of drug-likeness (QED) is 0.815. The van der Waals surface area contributed by atoms with Crippen molar-refractivity contribution < 1.29 is 14.0 Å². The van der Waals surface area contributed by atoms with E-state index in [-0.39, 0.29) is 36.1 Å². The molecule has 2 rings (SSSR count). The van der Waals surface area contributed by atoms with E-state index >= 15 is 0 Å². The maximum Gasteiger partial charge on any atom is 0.329 e. The second kappa shape index (κ2) is 4.67. The molecule has 1 N–H and O–H groups in total. The summed E-state index contributed by atoms with van der Waals surface area (Å²) in [5.74, 6) is -0.564. The summed E-state index contributed by atoms with van der Waals surface area (Å²) < 4.78 is 13.2. The van der Waals surface area contributed by atoms with E-state index in [1.54, 1.807) is 0 Å². The third-order valence-corrected chi connectivity index (χ3v) is 2.68. The van der Waals surface area contributed by atoms with Gasteiger partial charge in [0.2, 0.25) is 5.91 Å². The predicted octanol–water partition coefficient (Wildman–Crippen LogP) is 1.41. The molecule has 1 aliphatic heterocycles. The highest BCUT2D eigenvalue weighted by molar-refractivity contribution is 6.17. The summed E-state index contributed by atoms with van der Waals surface area (Å²) in [6.45, 7) is 0.227. The Morgan fingerprint density at radius 3 is 2.94 bits per heavy atom. The number of amides is 3. The number of rotatable bonds is 2. The molecule has 1 aromatic heterocycles. The van der Waals surface area contributed by atoms with Gasteiger partial charge in [-0.3, -0.25) is 15.0 Å². The average Bonchev–Trinajstić information content (AvgIpc) is 2.30. The second-order valence-corrected chi connectivity index (χ2v) is 3.79. The lowest BCUT2D eigenvalue weighted by atomic mass is 10.2. The number of urea groups is 1. The van der Waals surface area contributed by atoms with E-state index in [2.05, 4.69) is 10.3 Å². The van der Waals surface area contributed by atoms with E-state index in [0.717, 1.165) is 6.20 Å². The standard InChI is InChI=1S/C10H9ClFN3O2/c11-4-6-3-8(13-5-7(6)12)15-2-1-9(16)14-10(15)17/h3,5H,1-2,4H2,(H,14,16,17). The lowest BCUT2D eigenvalue weighted by Gasteiger charge is -2.25. The Hall–Kier alpha value is -1.69. The molecule has 7 heteroatoms. The largest absolute Gasteiger partial charge is 0.329 e. The minimum absolute atomic E-state index is 0.00422. The molecule has 1 fully saturated rings. The maximum atomic E-state index is 13.2. The summed E-state index contributed by atoms with van der Waals surface area (Å²) in [6.07, 6.45) is 1.21. The molecule has 0 saturated carbocycles. The van der Waals surface area contributed by atoms with E-state index < -0.39 is 11.8 Å². The molecular formula is C10H9ClFN3O2. The van der Waals surface area contributed by atoms with Crippen molar-refractivity contribution in [2.75, 3.05) is 11.4 Å². The van der Waals surface area contributed by atoms with Crippen molar-refractivity contribution in [1.29, 1.82) is 0 Å². The van der Waals surface area contributed by atoms with Gasteiger partial charge in [0, 0.05) is 18.5 Å². The number of pyridine rings is 1. The van der Waals surface area contributed by atoms with E-state index in [1.165, 1.54) is 11.0 Å². The molecule has 0 aromatic carbocycles. The topological polar surface area (TPSA) is 62.3 Å². The van der Waals surface area contributed by atoms with Crippen molar-refractivity contribution in [2.45, 2.75) is 12.3 Å². The Morgan fingerprint density at radius 2 is 2.29 bits per heavy atom. The van der Waals surface area contributed by atoms with Gasteiger partial charge < -0.3 is 0 Å². The molecule has 0 unspecified atom stereocenters. The van der Waals surface area contributed by atoms with Crippen LogP contribution in [0.15, 0.2) is 12.3 Å². The fraction of sp³-hybridized carbons (Fsp3) is 0.300. The molecule has 1 aliphatic rings. The van der Waals surface area contributed by atoms with Crippen LogP contribution in [-0.2, 0) is 10.7 Å². The summed E-state index contributed by atoms with van der Waals surface area (Å²) in [4.78, 5) is 27.6. The number of imide groups is 1. The lowest BCUT2D eigenvalue weighted by molar-refractivity contribution is -0.120. The molecule has 90 valence electrons. The van der Waals surface area contributed by atoms with E-state index in [9.17, 15) is 14.0 Å². The summed E-state index contributed by atoms with van der Waals surface area (Å²) in [7, 11) is 0. The van der Waals surface area contributed by atoms with Crippen molar-refractivity contribution in [2.24, 2.45) is 0 Å². The highest BCUT2D eigenvalue weighted by Crippen LogP contribution is 2.18. The molecule has 0 spiro atoms. The van der Waals surface area contributed by atoms with E-state index in [1.807, 2.05) is 0 Å². The van der Waals surface area contributed by atoms with Gasteiger partial charge in [0.05, 0.1) is 12.1 Å². The van der Waals surface area contributed by atoms with E-state index in [4.69, 9.17) is 11.6 Å². The summed E-state index contributed by atoms with van der Waals surface area (Å²) >= 11 is 5.56. The average molecular weight is 258 g/mol. The third kappa shape index (κ3) is 2.36. The zero-order valence-corrected chi connectivity index (χ0v) is 9.50. The maximum absolute atomic E-state index is 13.2. The molecule has 0 radical (unpaired) electrons. The molecule has 3 amide bonds. The number of halogens is 2. The van der Waals surface area contributed by atoms with Gasteiger partial charge in [0.1, 0.15) is 11.6 Å². The van der Waals surface area contributed by atoms with Crippen LogP contribution in [0.5, 0.6) is 0 Å². The zero-order valence-electron chi connectivity index (χ0n) is 8.74. The fourth-order valence-corrected chi connectivity index (χ4v) is 1.71. The first-order chi connectivity index (χ1) is 8.11. The van der Waals surface area contributed by atoms with Gasteiger partial charge in [0.25, 0.3) is 0 Å². The minimum atomic E-state index is -0.555. The number of nitrogens with one attached hydrogen (secondary N) is 1. The minimum Gasteiger partial charge on any atom is -0.278 e. The number of carbonyl (C=O) groups is 2. The van der Waals surface area contributed by atoms with Crippen molar-refractivity contribution in [3.63, 3.8) is 0 Å². The van der Waals surface area contributed by atoms with Crippen LogP contribution in [-0.4, -0.2) is 23.5 Å². The van der Waals surface area contributed by atoms with Crippen molar-refractivity contribution in [1.82, 2.24) is 10.3 Å². The van der Waals surface area contributed by atoms with Gasteiger partial charge in [-0.25, -0.2) is 14.2 Å². The molecule has 5 nitrogen and oxygen atoms in total. The Balaban J connectivity index is 2.28. The fourth-order valence-electron chi connectivity index (χ4n) is 1.50. The monoisotopic (exact) mass is 257 g/mol. The molecule has 0 atom stereocenters. The van der Waals surface area contributed by atoms with Gasteiger partial charge in [-0.15, -0.1) is 11.6 Å². The Kier molecular flexibility index (Phi) is 3.23. The molecule has 2 heterocycles. The van der Waals surface area contributed by atoms with E-state index in [0.29, 0.717) is 0 Å². The third-order valence-electron chi connectivity index (χ3n) is 2.39. The SMILES string of the molecule is O=C1CCN(c2cc(CCl)c(F)cn2)C(=O)N1. The van der Waals surface area contributed by atoms with Crippen LogP contribution in [0.2, 0.25) is 0 Å². The van der Waals surface area contributed by atoms with Crippen molar-refractivity contribution >= 4 is 29.4 Å². The van der Waals surface area contributed by atoms with Crippen LogP contribution in [0.25, 0.3) is 0 Å². The van der Waals surface area contributed by atoms with Gasteiger partial charge in [0.15, 0.2) is 0 Å². The Labute approximate surface area is 102 Å². The van der Waals surface area contributed by atoms with Gasteiger partial charge in [-0.1, -0.05) is 0 Å².